The summed E-state index contributed by atoms with van der Waals surface area (Å²) in [5, 5.41) is 23.2. The number of carbonyl (C=O) groups is 2. The monoisotopic (exact) mass is 1050 g/mol. The summed E-state index contributed by atoms with van der Waals surface area (Å²) < 4.78 is 5.48. The predicted octanol–water partition coefficient (Wildman–Crippen LogP) is 21.5. The molecule has 0 aromatic carbocycles. The summed E-state index contributed by atoms with van der Waals surface area (Å²) in [7, 11) is 0. The number of nitrogens with one attached hydrogen (secondary N) is 1. The van der Waals surface area contributed by atoms with Gasteiger partial charge in [-0.1, -0.05) is 307 Å². The second-order valence-electron chi connectivity index (χ2n) is 23.1. The highest BCUT2D eigenvalue weighted by atomic mass is 16.5. The Bertz CT molecular complexity index is 1210. The van der Waals surface area contributed by atoms with Crippen LogP contribution in [0, 0.1) is 0 Å². The van der Waals surface area contributed by atoms with Crippen LogP contribution in [0.15, 0.2) is 36.5 Å². The topological polar surface area (TPSA) is 95.9 Å². The van der Waals surface area contributed by atoms with Gasteiger partial charge in [0.1, 0.15) is 0 Å². The van der Waals surface area contributed by atoms with Gasteiger partial charge in [0.25, 0.3) is 0 Å². The number of amides is 1. The van der Waals surface area contributed by atoms with E-state index >= 15 is 0 Å². The van der Waals surface area contributed by atoms with Crippen molar-refractivity contribution < 1.29 is 24.5 Å². The number of rotatable bonds is 63. The van der Waals surface area contributed by atoms with Crippen LogP contribution >= 0.6 is 0 Å². The summed E-state index contributed by atoms with van der Waals surface area (Å²) in [5.74, 6) is -0.0786. The number of aliphatic hydroxyl groups is 2. The van der Waals surface area contributed by atoms with Crippen LogP contribution in [-0.2, 0) is 14.3 Å². The third-order valence-electron chi connectivity index (χ3n) is 15.6. The number of hydrogen-bond acceptors (Lipinski definition) is 5. The van der Waals surface area contributed by atoms with Crippen molar-refractivity contribution in [1.82, 2.24) is 5.32 Å². The van der Waals surface area contributed by atoms with Gasteiger partial charge in [0.15, 0.2) is 0 Å². The van der Waals surface area contributed by atoms with Crippen LogP contribution in [0.25, 0.3) is 0 Å². The lowest BCUT2D eigenvalue weighted by Crippen LogP contribution is -2.45. The van der Waals surface area contributed by atoms with Crippen molar-refractivity contribution in [3.63, 3.8) is 0 Å². The molecule has 0 heterocycles. The standard InChI is InChI=1S/C69H131NO5/c1-3-5-7-9-11-13-15-17-19-20-21-22-23-24-25-27-30-34-37-41-45-49-53-57-61-67(72)66(65-71)70-68(73)62-58-54-50-46-42-38-35-31-28-26-29-32-36-40-44-48-52-56-60-64-75-69(74)63-59-55-51-47-43-39-33-18-16-14-12-10-8-6-4-2/h18,26,28,33,57,61,66-67,71-72H,3-17,19-25,27,29-32,34-56,58-60,62-65H2,1-2H3,(H,70,73)/b28-26-,33-18-,61-57+. The molecule has 0 rings (SSSR count). The van der Waals surface area contributed by atoms with E-state index in [1.54, 1.807) is 6.08 Å². The smallest absolute Gasteiger partial charge is 0.305 e. The zero-order valence-corrected chi connectivity index (χ0v) is 50.5. The van der Waals surface area contributed by atoms with Gasteiger partial charge in [-0.05, 0) is 83.5 Å². The molecule has 0 aliphatic heterocycles. The number of ether oxygens (including phenoxy) is 1. The second kappa shape index (κ2) is 64.6. The molecule has 0 radical (unpaired) electrons. The summed E-state index contributed by atoms with van der Waals surface area (Å²) in [5.41, 5.74) is 0. The Morgan fingerprint density at radius 2 is 0.627 bits per heavy atom. The molecule has 0 saturated heterocycles. The highest BCUT2D eigenvalue weighted by Crippen LogP contribution is 2.18. The van der Waals surface area contributed by atoms with Crippen molar-refractivity contribution in [1.29, 1.82) is 0 Å². The van der Waals surface area contributed by atoms with Crippen LogP contribution in [0.4, 0.5) is 0 Å². The lowest BCUT2D eigenvalue weighted by Gasteiger charge is -2.20. The molecule has 0 aliphatic carbocycles. The van der Waals surface area contributed by atoms with Crippen LogP contribution < -0.4 is 5.32 Å². The summed E-state index contributed by atoms with van der Waals surface area (Å²) in [6, 6.07) is -0.637. The molecular formula is C69H131NO5. The molecule has 1 amide bonds. The Hall–Kier alpha value is -1.92. The molecule has 0 bridgehead atoms. The van der Waals surface area contributed by atoms with E-state index in [0.717, 1.165) is 51.4 Å². The molecule has 0 spiro atoms. The average molecular weight is 1050 g/mol. The summed E-state index contributed by atoms with van der Waals surface area (Å²) in [6.07, 6.45) is 82.0. The molecular weight excluding hydrogens is 923 g/mol. The minimum Gasteiger partial charge on any atom is -0.466 e. The molecule has 0 aliphatic rings. The first kappa shape index (κ1) is 73.1. The molecule has 0 aromatic rings. The number of esters is 1. The molecule has 75 heavy (non-hydrogen) atoms. The largest absolute Gasteiger partial charge is 0.466 e. The minimum atomic E-state index is -0.853. The number of aliphatic hydroxyl groups excluding tert-OH is 2. The van der Waals surface area contributed by atoms with Gasteiger partial charge in [0, 0.05) is 12.8 Å². The van der Waals surface area contributed by atoms with Gasteiger partial charge in [-0.3, -0.25) is 9.59 Å². The Morgan fingerprint density at radius 1 is 0.360 bits per heavy atom. The Labute approximate surface area is 468 Å². The summed E-state index contributed by atoms with van der Waals surface area (Å²) in [4.78, 5) is 24.6. The van der Waals surface area contributed by atoms with Gasteiger partial charge in [0.2, 0.25) is 5.91 Å². The maximum atomic E-state index is 12.5. The second-order valence-corrected chi connectivity index (χ2v) is 23.1. The zero-order valence-electron chi connectivity index (χ0n) is 50.5. The van der Waals surface area contributed by atoms with Gasteiger partial charge in [0.05, 0.1) is 25.4 Å². The highest BCUT2D eigenvalue weighted by Gasteiger charge is 2.18. The normalized spacial score (nSPS) is 12.7. The maximum Gasteiger partial charge on any atom is 0.305 e. The lowest BCUT2D eigenvalue weighted by molar-refractivity contribution is -0.143. The fourth-order valence-corrected chi connectivity index (χ4v) is 10.4. The Kier molecular flexibility index (Phi) is 63.0. The summed E-state index contributed by atoms with van der Waals surface area (Å²) in [6.45, 7) is 4.91. The van der Waals surface area contributed by atoms with E-state index in [4.69, 9.17) is 4.74 Å². The third kappa shape index (κ3) is 61.2. The number of unbranched alkanes of at least 4 members (excludes halogenated alkanes) is 48. The lowest BCUT2D eigenvalue weighted by atomic mass is 10.0. The molecule has 0 saturated carbocycles. The molecule has 0 aromatic heterocycles. The number of allylic oxidation sites excluding steroid dienone is 5. The maximum absolute atomic E-state index is 12.5. The molecule has 3 N–H and O–H groups in total. The average Bonchev–Trinajstić information content (AvgIpc) is 3.41. The summed E-state index contributed by atoms with van der Waals surface area (Å²) >= 11 is 0. The van der Waals surface area contributed by atoms with Crippen molar-refractivity contribution in [2.45, 2.75) is 379 Å². The number of carbonyl (C=O) groups excluding carboxylic acids is 2. The third-order valence-corrected chi connectivity index (χ3v) is 15.6. The van der Waals surface area contributed by atoms with Gasteiger partial charge in [-0.25, -0.2) is 0 Å². The first-order valence-corrected chi connectivity index (χ1v) is 33.8. The SMILES string of the molecule is CCCCCCCC/C=C\CCCCCCCC(=O)OCCCCCCCCCC/C=C\CCCCCCCCCC(=O)NC(CO)C(O)/C=C/CCCCCCCCCCCCCCCCCCCCCCCC. The van der Waals surface area contributed by atoms with E-state index in [-0.39, 0.29) is 18.5 Å². The molecule has 2 atom stereocenters. The van der Waals surface area contributed by atoms with E-state index in [1.807, 2.05) is 6.08 Å². The van der Waals surface area contributed by atoms with E-state index in [0.29, 0.717) is 19.4 Å². The number of hydrogen-bond donors (Lipinski definition) is 3. The van der Waals surface area contributed by atoms with E-state index in [1.165, 1.54) is 289 Å². The van der Waals surface area contributed by atoms with Gasteiger partial charge < -0.3 is 20.3 Å². The van der Waals surface area contributed by atoms with Gasteiger partial charge in [-0.15, -0.1) is 0 Å². The van der Waals surface area contributed by atoms with Crippen LogP contribution in [0.2, 0.25) is 0 Å². The fourth-order valence-electron chi connectivity index (χ4n) is 10.4. The molecule has 0 fully saturated rings. The molecule has 6 nitrogen and oxygen atoms in total. The van der Waals surface area contributed by atoms with Crippen molar-refractivity contribution in [2.75, 3.05) is 13.2 Å². The van der Waals surface area contributed by atoms with Crippen LogP contribution in [0.5, 0.6) is 0 Å². The zero-order chi connectivity index (χ0) is 54.3. The quantitative estimate of drug-likeness (QED) is 0.0320. The Morgan fingerprint density at radius 3 is 0.947 bits per heavy atom. The fraction of sp³-hybridized carbons (Fsp3) is 0.884. The Balaban J connectivity index is 3.47. The van der Waals surface area contributed by atoms with E-state index in [2.05, 4.69) is 43.5 Å². The molecule has 442 valence electrons. The van der Waals surface area contributed by atoms with Crippen molar-refractivity contribution in [3.05, 3.63) is 36.5 Å². The van der Waals surface area contributed by atoms with Crippen molar-refractivity contribution in [2.24, 2.45) is 0 Å². The predicted molar refractivity (Wildman–Crippen MR) is 329 cm³/mol. The first-order chi connectivity index (χ1) is 37.0. The first-order valence-electron chi connectivity index (χ1n) is 33.8. The van der Waals surface area contributed by atoms with Crippen molar-refractivity contribution >= 4 is 11.9 Å². The van der Waals surface area contributed by atoms with Crippen LogP contribution in [0.3, 0.4) is 0 Å². The van der Waals surface area contributed by atoms with Crippen LogP contribution in [0.1, 0.15) is 367 Å². The highest BCUT2D eigenvalue weighted by molar-refractivity contribution is 5.76. The van der Waals surface area contributed by atoms with Gasteiger partial charge >= 0.3 is 5.97 Å². The minimum absolute atomic E-state index is 0.00422. The van der Waals surface area contributed by atoms with E-state index < -0.39 is 12.1 Å². The van der Waals surface area contributed by atoms with Gasteiger partial charge in [-0.2, -0.15) is 0 Å². The molecule has 2 unspecified atom stereocenters. The van der Waals surface area contributed by atoms with Crippen molar-refractivity contribution in [3.8, 4) is 0 Å². The van der Waals surface area contributed by atoms with E-state index in [9.17, 15) is 19.8 Å². The van der Waals surface area contributed by atoms with Crippen LogP contribution in [-0.4, -0.2) is 47.4 Å². The molecule has 6 heteroatoms.